The molecule has 0 aromatic heterocycles. The lowest BCUT2D eigenvalue weighted by Gasteiger charge is -2.13. The highest BCUT2D eigenvalue weighted by Crippen LogP contribution is 2.48. The van der Waals surface area contributed by atoms with Gasteiger partial charge in [0.2, 0.25) is 0 Å². The molecule has 0 atom stereocenters. The maximum Gasteiger partial charge on any atom is 0.164 e. The molecular formula is C12H4Cl5FO. The summed E-state index contributed by atoms with van der Waals surface area (Å²) >= 11 is 29.9. The van der Waals surface area contributed by atoms with Gasteiger partial charge >= 0.3 is 0 Å². The van der Waals surface area contributed by atoms with Crippen molar-refractivity contribution in [1.29, 1.82) is 0 Å². The molecule has 0 fully saturated rings. The van der Waals surface area contributed by atoms with E-state index in [1.165, 1.54) is 12.1 Å². The molecule has 0 aliphatic heterocycles. The number of rotatable bonds is 1. The summed E-state index contributed by atoms with van der Waals surface area (Å²) in [6.45, 7) is 0. The lowest BCUT2D eigenvalue weighted by molar-refractivity contribution is 0.433. The molecule has 2 aromatic rings. The number of aromatic hydroxyl groups is 1. The Kier molecular flexibility index (Phi) is 4.38. The van der Waals surface area contributed by atoms with Crippen LogP contribution in [-0.4, -0.2) is 5.11 Å². The molecule has 0 heterocycles. The predicted molar refractivity (Wildman–Crippen MR) is 78.6 cm³/mol. The molecule has 1 nitrogen and oxygen atoms in total. The van der Waals surface area contributed by atoms with Crippen LogP contribution in [0.3, 0.4) is 0 Å². The average Bonchev–Trinajstić information content (AvgIpc) is 2.38. The maximum absolute atomic E-state index is 13.0. The summed E-state index contributed by atoms with van der Waals surface area (Å²) in [5.74, 6) is -1.30. The first-order valence-electron chi connectivity index (χ1n) is 4.85. The van der Waals surface area contributed by atoms with Crippen LogP contribution in [0.15, 0.2) is 18.2 Å². The normalized spacial score (nSPS) is 10.8. The molecule has 100 valence electrons. The van der Waals surface area contributed by atoms with Gasteiger partial charge in [0.05, 0.1) is 25.1 Å². The van der Waals surface area contributed by atoms with E-state index in [-0.39, 0.29) is 30.7 Å². The first-order chi connectivity index (χ1) is 8.84. The van der Waals surface area contributed by atoms with Crippen molar-refractivity contribution < 1.29 is 9.50 Å². The van der Waals surface area contributed by atoms with E-state index in [1.807, 2.05) is 0 Å². The van der Waals surface area contributed by atoms with Crippen molar-refractivity contribution in [2.45, 2.75) is 0 Å². The Balaban J connectivity index is 2.79. The van der Waals surface area contributed by atoms with E-state index >= 15 is 0 Å². The summed E-state index contributed by atoms with van der Waals surface area (Å²) in [5.41, 5.74) is 0.646. The van der Waals surface area contributed by atoms with Gasteiger partial charge in [0.15, 0.2) is 11.6 Å². The van der Waals surface area contributed by atoms with Crippen molar-refractivity contribution in [2.24, 2.45) is 0 Å². The molecule has 7 heteroatoms. The standard InChI is InChI=1S/C12H4Cl5FO/c13-8-7(4-1-2-5(18)6(19)3-4)9(14)11(16)12(17)10(8)15/h1-3,19H. The fourth-order valence-electron chi connectivity index (χ4n) is 1.53. The number of hydrogen-bond donors (Lipinski definition) is 1. The molecule has 0 unspecified atom stereocenters. The van der Waals surface area contributed by atoms with Gasteiger partial charge in [-0.25, -0.2) is 4.39 Å². The minimum absolute atomic E-state index is 0.0356. The second kappa shape index (κ2) is 5.55. The summed E-state index contributed by atoms with van der Waals surface area (Å²) in [6.07, 6.45) is 0. The predicted octanol–water partition coefficient (Wildman–Crippen LogP) is 6.47. The SMILES string of the molecule is Oc1cc(-c2c(Cl)c(Cl)c(Cl)c(Cl)c2Cl)ccc1F. The minimum atomic E-state index is -0.762. The van der Waals surface area contributed by atoms with Crippen molar-refractivity contribution in [3.63, 3.8) is 0 Å². The highest BCUT2D eigenvalue weighted by molar-refractivity contribution is 6.56. The summed E-state index contributed by atoms with van der Waals surface area (Å²) in [5, 5.41) is 9.65. The molecule has 2 rings (SSSR count). The Morgan fingerprint density at radius 1 is 0.789 bits per heavy atom. The van der Waals surface area contributed by atoms with Crippen LogP contribution in [0.25, 0.3) is 11.1 Å². The molecule has 0 aliphatic rings. The van der Waals surface area contributed by atoms with E-state index in [2.05, 4.69) is 0 Å². The number of hydrogen-bond acceptors (Lipinski definition) is 1. The largest absolute Gasteiger partial charge is 0.505 e. The van der Waals surface area contributed by atoms with E-state index < -0.39 is 11.6 Å². The van der Waals surface area contributed by atoms with Gasteiger partial charge in [-0.05, 0) is 17.7 Å². The summed E-state index contributed by atoms with van der Waals surface area (Å²) in [4.78, 5) is 0. The zero-order chi connectivity index (χ0) is 14.3. The second-order valence-electron chi connectivity index (χ2n) is 3.61. The monoisotopic (exact) mass is 358 g/mol. The van der Waals surface area contributed by atoms with Gasteiger partial charge in [0.25, 0.3) is 0 Å². The smallest absolute Gasteiger partial charge is 0.164 e. The van der Waals surface area contributed by atoms with E-state index in [9.17, 15) is 9.50 Å². The Bertz CT molecular complexity index is 643. The summed E-state index contributed by atoms with van der Waals surface area (Å²) < 4.78 is 13.0. The lowest BCUT2D eigenvalue weighted by Crippen LogP contribution is -1.87. The molecule has 1 N–H and O–H groups in total. The molecular weight excluding hydrogens is 356 g/mol. The van der Waals surface area contributed by atoms with E-state index in [0.29, 0.717) is 5.56 Å². The van der Waals surface area contributed by atoms with Gasteiger partial charge in [-0.3, -0.25) is 0 Å². The molecule has 0 spiro atoms. The topological polar surface area (TPSA) is 20.2 Å². The fraction of sp³-hybridized carbons (Fsp3) is 0. The van der Waals surface area contributed by atoms with Gasteiger partial charge in [-0.1, -0.05) is 64.1 Å². The Morgan fingerprint density at radius 2 is 1.26 bits per heavy atom. The number of phenols is 1. The quantitative estimate of drug-likeness (QED) is 0.457. The summed E-state index contributed by atoms with van der Waals surface area (Å²) in [6, 6.07) is 3.64. The lowest BCUT2D eigenvalue weighted by atomic mass is 10.0. The second-order valence-corrected chi connectivity index (χ2v) is 5.50. The number of benzene rings is 2. The van der Waals surface area contributed by atoms with E-state index in [4.69, 9.17) is 58.0 Å². The van der Waals surface area contributed by atoms with Crippen LogP contribution in [0.1, 0.15) is 0 Å². The molecule has 19 heavy (non-hydrogen) atoms. The molecule has 2 aromatic carbocycles. The number of phenolic OH excluding ortho intramolecular Hbond substituents is 1. The van der Waals surface area contributed by atoms with Crippen LogP contribution < -0.4 is 0 Å². The zero-order valence-corrected chi connectivity index (χ0v) is 12.7. The van der Waals surface area contributed by atoms with Crippen molar-refractivity contribution in [1.82, 2.24) is 0 Å². The van der Waals surface area contributed by atoms with E-state index in [0.717, 1.165) is 6.07 Å². The first kappa shape index (κ1) is 15.0. The van der Waals surface area contributed by atoms with Gasteiger partial charge < -0.3 is 5.11 Å². The highest BCUT2D eigenvalue weighted by Gasteiger charge is 2.21. The highest BCUT2D eigenvalue weighted by atomic mass is 35.5. The van der Waals surface area contributed by atoms with Gasteiger partial charge in [-0.2, -0.15) is 0 Å². The van der Waals surface area contributed by atoms with Crippen molar-refractivity contribution >= 4 is 58.0 Å². The van der Waals surface area contributed by atoms with Crippen molar-refractivity contribution in [3.8, 4) is 16.9 Å². The molecule has 0 bridgehead atoms. The summed E-state index contributed by atoms with van der Waals surface area (Å²) in [7, 11) is 0. The third-order valence-corrected chi connectivity index (χ3v) is 4.72. The third kappa shape index (κ3) is 2.61. The van der Waals surface area contributed by atoms with Crippen LogP contribution in [0.4, 0.5) is 4.39 Å². The first-order valence-corrected chi connectivity index (χ1v) is 6.74. The van der Waals surface area contributed by atoms with Gasteiger partial charge in [-0.15, -0.1) is 0 Å². The minimum Gasteiger partial charge on any atom is -0.505 e. The molecule has 0 radical (unpaired) electrons. The van der Waals surface area contributed by atoms with Gasteiger partial charge in [0, 0.05) is 5.56 Å². The number of halogens is 6. The maximum atomic E-state index is 13.0. The van der Waals surface area contributed by atoms with Gasteiger partial charge in [0.1, 0.15) is 0 Å². The van der Waals surface area contributed by atoms with Crippen molar-refractivity contribution in [2.75, 3.05) is 0 Å². The molecule has 0 aliphatic carbocycles. The third-order valence-electron chi connectivity index (χ3n) is 2.44. The van der Waals surface area contributed by atoms with E-state index in [1.54, 1.807) is 0 Å². The fourth-order valence-corrected chi connectivity index (χ4v) is 2.88. The molecule has 0 amide bonds. The zero-order valence-electron chi connectivity index (χ0n) is 8.95. The average molecular weight is 360 g/mol. The van der Waals surface area contributed by atoms with Crippen LogP contribution in [0.2, 0.25) is 25.1 Å². The van der Waals surface area contributed by atoms with Crippen molar-refractivity contribution in [3.05, 3.63) is 49.1 Å². The van der Waals surface area contributed by atoms with Crippen LogP contribution >= 0.6 is 58.0 Å². The van der Waals surface area contributed by atoms with Crippen LogP contribution in [0, 0.1) is 5.82 Å². The van der Waals surface area contributed by atoms with Crippen LogP contribution in [-0.2, 0) is 0 Å². The Labute approximate surface area is 133 Å². The Morgan fingerprint density at radius 3 is 1.74 bits per heavy atom. The molecule has 0 saturated carbocycles. The van der Waals surface area contributed by atoms with Crippen LogP contribution in [0.5, 0.6) is 5.75 Å². The Hall–Kier alpha value is -0.380. The molecule has 0 saturated heterocycles.